The molecule has 0 atom stereocenters. The summed E-state index contributed by atoms with van der Waals surface area (Å²) >= 11 is 4.58. The van der Waals surface area contributed by atoms with Crippen LogP contribution in [0.1, 0.15) is 35.4 Å². The van der Waals surface area contributed by atoms with Crippen LogP contribution in [0.3, 0.4) is 0 Å². The SMILES string of the molecule is O=C(c1cnns1)N(CCBr)C1CCCC1. The van der Waals surface area contributed by atoms with Crippen molar-refractivity contribution in [2.45, 2.75) is 31.7 Å². The highest BCUT2D eigenvalue weighted by Crippen LogP contribution is 2.25. The first kappa shape index (κ1) is 12.0. The van der Waals surface area contributed by atoms with E-state index < -0.39 is 0 Å². The first-order valence-electron chi connectivity index (χ1n) is 5.47. The molecule has 4 nitrogen and oxygen atoms in total. The average molecular weight is 304 g/mol. The van der Waals surface area contributed by atoms with Crippen molar-refractivity contribution in [1.29, 1.82) is 0 Å². The lowest BCUT2D eigenvalue weighted by Gasteiger charge is -2.27. The molecule has 1 aromatic heterocycles. The number of alkyl halides is 1. The molecule has 0 N–H and O–H groups in total. The Labute approximate surface area is 107 Å². The highest BCUT2D eigenvalue weighted by atomic mass is 79.9. The summed E-state index contributed by atoms with van der Waals surface area (Å²) in [6.07, 6.45) is 6.29. The van der Waals surface area contributed by atoms with Crippen LogP contribution in [0.25, 0.3) is 0 Å². The number of rotatable bonds is 4. The Kier molecular flexibility index (Phi) is 4.29. The lowest BCUT2D eigenvalue weighted by atomic mass is 10.2. The van der Waals surface area contributed by atoms with E-state index >= 15 is 0 Å². The van der Waals surface area contributed by atoms with Crippen LogP contribution in [0, 0.1) is 0 Å². The average Bonchev–Trinajstić information content (AvgIpc) is 2.96. The standard InChI is InChI=1S/C10H14BrN3OS/c11-5-6-14(8-3-1-2-4-8)10(15)9-7-12-13-16-9/h7-8H,1-6H2. The third kappa shape index (κ3) is 2.60. The number of carbonyl (C=O) groups excluding carboxylic acids is 1. The number of halogens is 1. The first-order valence-corrected chi connectivity index (χ1v) is 7.36. The lowest BCUT2D eigenvalue weighted by molar-refractivity contribution is 0.0701. The van der Waals surface area contributed by atoms with Gasteiger partial charge in [-0.05, 0) is 24.4 Å². The Hall–Kier alpha value is -0.490. The molecule has 0 aromatic carbocycles. The second-order valence-corrected chi connectivity index (χ2v) is 5.49. The highest BCUT2D eigenvalue weighted by molar-refractivity contribution is 9.09. The number of hydrogen-bond donors (Lipinski definition) is 0. The predicted molar refractivity (Wildman–Crippen MR) is 67.0 cm³/mol. The number of carbonyl (C=O) groups is 1. The van der Waals surface area contributed by atoms with Crippen molar-refractivity contribution in [3.05, 3.63) is 11.1 Å². The molecule has 1 fully saturated rings. The minimum atomic E-state index is 0.0846. The molecule has 6 heteroatoms. The molecule has 0 aliphatic heterocycles. The molecule has 1 aliphatic rings. The predicted octanol–water partition coefficient (Wildman–Crippen LogP) is 2.32. The Morgan fingerprint density at radius 3 is 2.88 bits per heavy atom. The zero-order valence-corrected chi connectivity index (χ0v) is 11.3. The quantitative estimate of drug-likeness (QED) is 0.802. The minimum Gasteiger partial charge on any atom is -0.334 e. The van der Waals surface area contributed by atoms with Crippen LogP contribution in [0.15, 0.2) is 6.20 Å². The molecular formula is C10H14BrN3OS. The summed E-state index contributed by atoms with van der Waals surface area (Å²) in [5, 5.41) is 4.54. The summed E-state index contributed by atoms with van der Waals surface area (Å²) in [4.78, 5) is 14.8. The topological polar surface area (TPSA) is 46.1 Å². The molecule has 1 aromatic rings. The van der Waals surface area contributed by atoms with Crippen LogP contribution in [-0.2, 0) is 0 Å². The van der Waals surface area contributed by atoms with E-state index in [2.05, 4.69) is 25.5 Å². The van der Waals surface area contributed by atoms with Gasteiger partial charge in [0.1, 0.15) is 4.88 Å². The maximum absolute atomic E-state index is 12.2. The second-order valence-electron chi connectivity index (χ2n) is 3.91. The minimum absolute atomic E-state index is 0.0846. The molecule has 1 amide bonds. The molecule has 0 saturated heterocycles. The molecule has 2 rings (SSSR count). The van der Waals surface area contributed by atoms with E-state index in [0.717, 1.165) is 24.7 Å². The van der Waals surface area contributed by atoms with E-state index in [0.29, 0.717) is 10.9 Å². The van der Waals surface area contributed by atoms with Gasteiger partial charge >= 0.3 is 0 Å². The van der Waals surface area contributed by atoms with E-state index in [9.17, 15) is 4.79 Å². The molecule has 0 bridgehead atoms. The van der Waals surface area contributed by atoms with Gasteiger partial charge in [-0.2, -0.15) is 0 Å². The summed E-state index contributed by atoms with van der Waals surface area (Å²) < 4.78 is 3.74. The van der Waals surface area contributed by atoms with E-state index in [-0.39, 0.29) is 5.91 Å². The summed E-state index contributed by atoms with van der Waals surface area (Å²) in [7, 11) is 0. The van der Waals surface area contributed by atoms with Crippen molar-refractivity contribution in [2.75, 3.05) is 11.9 Å². The molecular weight excluding hydrogens is 290 g/mol. The van der Waals surface area contributed by atoms with Gasteiger partial charge in [-0.25, -0.2) is 0 Å². The zero-order chi connectivity index (χ0) is 11.4. The van der Waals surface area contributed by atoms with Crippen molar-refractivity contribution in [2.24, 2.45) is 0 Å². The van der Waals surface area contributed by atoms with E-state index in [1.54, 1.807) is 6.20 Å². The Morgan fingerprint density at radius 1 is 1.56 bits per heavy atom. The third-order valence-electron chi connectivity index (χ3n) is 2.92. The fourth-order valence-corrected chi connectivity index (χ4v) is 3.01. The number of hydrogen-bond acceptors (Lipinski definition) is 4. The van der Waals surface area contributed by atoms with Crippen LogP contribution in [-0.4, -0.2) is 38.3 Å². The number of amides is 1. The van der Waals surface area contributed by atoms with Crippen LogP contribution in [0.2, 0.25) is 0 Å². The van der Waals surface area contributed by atoms with Gasteiger partial charge in [-0.15, -0.1) is 5.10 Å². The highest BCUT2D eigenvalue weighted by Gasteiger charge is 2.27. The van der Waals surface area contributed by atoms with Gasteiger partial charge in [0.05, 0.1) is 6.20 Å². The molecule has 0 radical (unpaired) electrons. The number of aromatic nitrogens is 2. The molecule has 16 heavy (non-hydrogen) atoms. The maximum atomic E-state index is 12.2. The van der Waals surface area contributed by atoms with Crippen LogP contribution in [0.5, 0.6) is 0 Å². The van der Waals surface area contributed by atoms with Crippen molar-refractivity contribution < 1.29 is 4.79 Å². The largest absolute Gasteiger partial charge is 0.334 e. The third-order valence-corrected chi connectivity index (χ3v) is 3.93. The summed E-state index contributed by atoms with van der Waals surface area (Å²) in [5.74, 6) is 0.0846. The van der Waals surface area contributed by atoms with Crippen LogP contribution in [0.4, 0.5) is 0 Å². The molecule has 0 unspecified atom stereocenters. The first-order chi connectivity index (χ1) is 7.83. The fourth-order valence-electron chi connectivity index (χ4n) is 2.16. The Morgan fingerprint density at radius 2 is 2.31 bits per heavy atom. The van der Waals surface area contributed by atoms with E-state index in [1.807, 2.05) is 4.90 Å². The summed E-state index contributed by atoms with van der Waals surface area (Å²) in [6.45, 7) is 0.765. The van der Waals surface area contributed by atoms with Gasteiger partial charge in [-0.1, -0.05) is 33.3 Å². The van der Waals surface area contributed by atoms with Crippen LogP contribution >= 0.6 is 27.5 Å². The van der Waals surface area contributed by atoms with Crippen LogP contribution < -0.4 is 0 Å². The van der Waals surface area contributed by atoms with Crippen molar-refractivity contribution in [1.82, 2.24) is 14.5 Å². The second kappa shape index (κ2) is 5.72. The smallest absolute Gasteiger partial charge is 0.267 e. The van der Waals surface area contributed by atoms with Crippen molar-refractivity contribution in [3.8, 4) is 0 Å². The van der Waals surface area contributed by atoms with E-state index in [4.69, 9.17) is 0 Å². The van der Waals surface area contributed by atoms with E-state index in [1.165, 1.54) is 24.4 Å². The van der Waals surface area contributed by atoms with Gasteiger partial charge in [0.2, 0.25) is 0 Å². The van der Waals surface area contributed by atoms with Gasteiger partial charge in [0.25, 0.3) is 5.91 Å². The number of nitrogens with zero attached hydrogens (tertiary/aromatic N) is 3. The van der Waals surface area contributed by atoms with Crippen molar-refractivity contribution >= 4 is 33.4 Å². The fraction of sp³-hybridized carbons (Fsp3) is 0.700. The van der Waals surface area contributed by atoms with Gasteiger partial charge in [0, 0.05) is 17.9 Å². The Bertz CT molecular complexity index is 338. The maximum Gasteiger partial charge on any atom is 0.267 e. The van der Waals surface area contributed by atoms with Gasteiger partial charge in [-0.3, -0.25) is 4.79 Å². The normalized spacial score (nSPS) is 16.6. The monoisotopic (exact) mass is 303 g/mol. The zero-order valence-electron chi connectivity index (χ0n) is 8.93. The molecule has 1 saturated carbocycles. The Balaban J connectivity index is 2.09. The molecule has 1 aliphatic carbocycles. The molecule has 88 valence electrons. The molecule has 0 spiro atoms. The van der Waals surface area contributed by atoms with Crippen molar-refractivity contribution in [3.63, 3.8) is 0 Å². The molecule has 1 heterocycles. The van der Waals surface area contributed by atoms with Gasteiger partial charge < -0.3 is 4.90 Å². The van der Waals surface area contributed by atoms with Gasteiger partial charge in [0.15, 0.2) is 0 Å². The lowest BCUT2D eigenvalue weighted by Crippen LogP contribution is -2.39. The summed E-state index contributed by atoms with van der Waals surface area (Å²) in [6, 6.07) is 0.409. The summed E-state index contributed by atoms with van der Waals surface area (Å²) in [5.41, 5.74) is 0.